The fourth-order valence-electron chi connectivity index (χ4n) is 10.6. The Kier molecular flexibility index (Phi) is 60.8. The van der Waals surface area contributed by atoms with Crippen LogP contribution in [0.15, 0.2) is 0 Å². The van der Waals surface area contributed by atoms with Crippen LogP contribution in [0.25, 0.3) is 0 Å². The molecular weight excluding hydrogens is 1170 g/mol. The topological polar surface area (TPSA) is 237 Å². The number of phosphoric acid groups is 2. The zero-order chi connectivity index (χ0) is 65.7. The van der Waals surface area contributed by atoms with Crippen LogP contribution >= 0.6 is 15.6 Å². The number of aliphatic hydroxyl groups is 1. The first-order chi connectivity index (χ1) is 42.9. The predicted molar refractivity (Wildman–Crippen MR) is 358 cm³/mol. The van der Waals surface area contributed by atoms with E-state index in [2.05, 4.69) is 41.5 Å². The van der Waals surface area contributed by atoms with Gasteiger partial charge in [0.15, 0.2) is 12.2 Å². The van der Waals surface area contributed by atoms with Crippen LogP contribution in [0.1, 0.15) is 356 Å². The van der Waals surface area contributed by atoms with Crippen molar-refractivity contribution in [3.8, 4) is 0 Å². The van der Waals surface area contributed by atoms with Gasteiger partial charge in [0, 0.05) is 25.7 Å². The molecule has 0 fully saturated rings. The summed E-state index contributed by atoms with van der Waals surface area (Å²) in [5.41, 5.74) is 0. The normalized spacial score (nSPS) is 14.4. The third-order valence-electron chi connectivity index (χ3n) is 16.6. The molecule has 0 heterocycles. The number of unbranched alkanes of at least 4 members (excludes halogenated alkanes) is 38. The van der Waals surface area contributed by atoms with Crippen LogP contribution in [-0.4, -0.2) is 96.7 Å². The summed E-state index contributed by atoms with van der Waals surface area (Å²) >= 11 is 0. The quantitative estimate of drug-likeness (QED) is 0.0222. The minimum atomic E-state index is -4.95. The molecule has 0 aliphatic rings. The summed E-state index contributed by atoms with van der Waals surface area (Å²) in [7, 11) is -9.89. The molecule has 0 aliphatic carbocycles. The SMILES string of the molecule is CCCCCCCCCCCCCCCCCCCCC(=O)O[C@H](COC(=O)CCCCCCCCCCCCC(C)CC)COP(=O)(O)OC[C@@H](O)COP(=O)(O)OC[C@@H](COC(=O)CCCCCCCCCC)OC(=O)CCCCCCCCC(C)C. The maximum atomic E-state index is 13.0. The summed E-state index contributed by atoms with van der Waals surface area (Å²) in [5, 5.41) is 10.6. The highest BCUT2D eigenvalue weighted by molar-refractivity contribution is 7.47. The average Bonchev–Trinajstić information content (AvgIpc) is 3.53. The standard InChI is InChI=1S/C70H136O17P2/c1-7-10-12-14-16-18-19-20-21-22-23-24-25-26-31-35-42-48-54-69(74)86-65(58-81-68(73)53-47-41-34-30-28-27-29-32-39-45-51-63(6)9-3)60-84-88(76,77)82-56-64(71)57-83-89(78,79)85-61-66(59-80-67(72)52-46-40-33-17-15-13-11-8-2)87-70(75)55-49-43-37-36-38-44-50-62(4)5/h62-66,71H,7-61H2,1-6H3,(H,76,77)(H,78,79)/t63?,64-,65-,66-/m1/s1. The van der Waals surface area contributed by atoms with Crippen LogP contribution in [-0.2, 0) is 65.4 Å². The van der Waals surface area contributed by atoms with Gasteiger partial charge in [-0.1, -0.05) is 305 Å². The number of aliphatic hydroxyl groups excluding tert-OH is 1. The van der Waals surface area contributed by atoms with E-state index in [0.717, 1.165) is 102 Å². The molecule has 0 aromatic carbocycles. The summed E-state index contributed by atoms with van der Waals surface area (Å²) in [6, 6.07) is 0. The van der Waals surface area contributed by atoms with Gasteiger partial charge in [-0.3, -0.25) is 37.3 Å². The van der Waals surface area contributed by atoms with E-state index in [0.29, 0.717) is 31.6 Å². The molecule has 3 N–H and O–H groups in total. The van der Waals surface area contributed by atoms with Gasteiger partial charge < -0.3 is 33.8 Å². The predicted octanol–water partition coefficient (Wildman–Crippen LogP) is 20.0. The second-order valence-corrected chi connectivity index (χ2v) is 28.9. The summed E-state index contributed by atoms with van der Waals surface area (Å²) < 4.78 is 68.2. The van der Waals surface area contributed by atoms with Gasteiger partial charge in [-0.25, -0.2) is 9.13 Å². The Hall–Kier alpha value is -1.94. The molecule has 6 atom stereocenters. The molecule has 19 heteroatoms. The number of rotatable bonds is 69. The number of ether oxygens (including phenoxy) is 4. The Balaban J connectivity index is 5.20. The van der Waals surface area contributed by atoms with Crippen LogP contribution in [0.5, 0.6) is 0 Å². The van der Waals surface area contributed by atoms with Crippen molar-refractivity contribution >= 4 is 39.5 Å². The molecule has 0 aromatic heterocycles. The van der Waals surface area contributed by atoms with E-state index >= 15 is 0 Å². The first-order valence-corrected chi connectivity index (χ1v) is 39.5. The number of phosphoric ester groups is 2. The summed E-state index contributed by atoms with van der Waals surface area (Å²) in [6.07, 6.45) is 47.4. The van der Waals surface area contributed by atoms with E-state index in [4.69, 9.17) is 37.0 Å². The van der Waals surface area contributed by atoms with Crippen LogP contribution in [0.2, 0.25) is 0 Å². The number of carbonyl (C=O) groups excluding carboxylic acids is 4. The first-order valence-electron chi connectivity index (χ1n) is 36.5. The summed E-state index contributed by atoms with van der Waals surface area (Å²) in [4.78, 5) is 72.4. The molecule has 3 unspecified atom stereocenters. The lowest BCUT2D eigenvalue weighted by atomic mass is 9.99. The molecule has 0 saturated carbocycles. The van der Waals surface area contributed by atoms with Gasteiger partial charge >= 0.3 is 39.5 Å². The lowest BCUT2D eigenvalue weighted by molar-refractivity contribution is -0.161. The van der Waals surface area contributed by atoms with Gasteiger partial charge in [-0.05, 0) is 37.5 Å². The molecule has 0 bridgehead atoms. The van der Waals surface area contributed by atoms with Crippen molar-refractivity contribution in [1.82, 2.24) is 0 Å². The number of hydrogen-bond acceptors (Lipinski definition) is 15. The van der Waals surface area contributed by atoms with Gasteiger partial charge in [0.2, 0.25) is 0 Å². The van der Waals surface area contributed by atoms with Gasteiger partial charge in [0.25, 0.3) is 0 Å². The minimum Gasteiger partial charge on any atom is -0.462 e. The van der Waals surface area contributed by atoms with Gasteiger partial charge in [0.1, 0.15) is 19.3 Å². The molecule has 0 radical (unpaired) electrons. The zero-order valence-electron chi connectivity index (χ0n) is 57.7. The maximum Gasteiger partial charge on any atom is 0.472 e. The number of esters is 4. The molecule has 0 aromatic rings. The summed E-state index contributed by atoms with van der Waals surface area (Å²) in [6.45, 7) is 9.46. The van der Waals surface area contributed by atoms with E-state index in [1.54, 1.807) is 0 Å². The molecule has 0 amide bonds. The molecule has 0 spiro atoms. The summed E-state index contributed by atoms with van der Waals surface area (Å²) in [5.74, 6) is -0.652. The largest absolute Gasteiger partial charge is 0.472 e. The smallest absolute Gasteiger partial charge is 0.462 e. The minimum absolute atomic E-state index is 0.102. The van der Waals surface area contributed by atoms with Crippen molar-refractivity contribution in [3.63, 3.8) is 0 Å². The fraction of sp³-hybridized carbons (Fsp3) is 0.943. The molecule has 17 nitrogen and oxygen atoms in total. The van der Waals surface area contributed by atoms with Crippen LogP contribution in [0, 0.1) is 11.8 Å². The molecule has 528 valence electrons. The van der Waals surface area contributed by atoms with Gasteiger partial charge in [-0.15, -0.1) is 0 Å². The van der Waals surface area contributed by atoms with E-state index in [1.165, 1.54) is 167 Å². The molecule has 89 heavy (non-hydrogen) atoms. The van der Waals surface area contributed by atoms with Crippen molar-refractivity contribution in [2.75, 3.05) is 39.6 Å². The Morgan fingerprint density at radius 3 is 0.854 bits per heavy atom. The molecule has 0 aliphatic heterocycles. The van der Waals surface area contributed by atoms with Crippen molar-refractivity contribution in [3.05, 3.63) is 0 Å². The van der Waals surface area contributed by atoms with Gasteiger partial charge in [0.05, 0.1) is 26.4 Å². The van der Waals surface area contributed by atoms with Crippen LogP contribution < -0.4 is 0 Å². The second kappa shape index (κ2) is 62.2. The highest BCUT2D eigenvalue weighted by atomic mass is 31.2. The van der Waals surface area contributed by atoms with Crippen molar-refractivity contribution < 1.29 is 80.2 Å². The van der Waals surface area contributed by atoms with E-state index < -0.39 is 97.5 Å². The molecular formula is C70H136O17P2. The lowest BCUT2D eigenvalue weighted by Crippen LogP contribution is -2.30. The monoisotopic (exact) mass is 1310 g/mol. The Bertz CT molecular complexity index is 1740. The van der Waals surface area contributed by atoms with Crippen LogP contribution in [0.3, 0.4) is 0 Å². The first kappa shape index (κ1) is 87.1. The van der Waals surface area contributed by atoms with Crippen molar-refractivity contribution in [2.24, 2.45) is 11.8 Å². The average molecular weight is 1310 g/mol. The van der Waals surface area contributed by atoms with Crippen molar-refractivity contribution in [2.45, 2.75) is 374 Å². The second-order valence-electron chi connectivity index (χ2n) is 26.0. The van der Waals surface area contributed by atoms with E-state index in [-0.39, 0.29) is 25.7 Å². The number of hydrogen-bond donors (Lipinski definition) is 3. The maximum absolute atomic E-state index is 13.0. The van der Waals surface area contributed by atoms with E-state index in [1.807, 2.05) is 0 Å². The number of carbonyl (C=O) groups is 4. The Morgan fingerprint density at radius 1 is 0.326 bits per heavy atom. The zero-order valence-corrected chi connectivity index (χ0v) is 59.5. The fourth-order valence-corrected chi connectivity index (χ4v) is 12.1. The third kappa shape index (κ3) is 63.2. The van der Waals surface area contributed by atoms with Crippen LogP contribution in [0.4, 0.5) is 0 Å². The Labute approximate surface area is 543 Å². The molecule has 0 rings (SSSR count). The third-order valence-corrected chi connectivity index (χ3v) is 18.5. The highest BCUT2D eigenvalue weighted by Gasteiger charge is 2.30. The van der Waals surface area contributed by atoms with E-state index in [9.17, 15) is 43.2 Å². The lowest BCUT2D eigenvalue weighted by Gasteiger charge is -2.21. The van der Waals surface area contributed by atoms with Gasteiger partial charge in [-0.2, -0.15) is 0 Å². The van der Waals surface area contributed by atoms with Crippen molar-refractivity contribution in [1.29, 1.82) is 0 Å². The highest BCUT2D eigenvalue weighted by Crippen LogP contribution is 2.45. The molecule has 0 saturated heterocycles. The Morgan fingerprint density at radius 2 is 0.573 bits per heavy atom.